The summed E-state index contributed by atoms with van der Waals surface area (Å²) in [6.07, 6.45) is -3.25. The second-order valence-corrected chi connectivity index (χ2v) is 5.74. The summed E-state index contributed by atoms with van der Waals surface area (Å²) in [5.41, 5.74) is 0.00671. The Morgan fingerprint density at radius 3 is 2.43 bits per heavy atom. The summed E-state index contributed by atoms with van der Waals surface area (Å²) in [6.45, 7) is 0. The second-order valence-electron chi connectivity index (χ2n) is 5.74. The van der Waals surface area contributed by atoms with E-state index in [9.17, 15) is 18.0 Å². The summed E-state index contributed by atoms with van der Waals surface area (Å²) in [7, 11) is 2.99. The van der Waals surface area contributed by atoms with Gasteiger partial charge in [-0.15, -0.1) is 0 Å². The topological polar surface area (TPSA) is 79.5 Å². The van der Waals surface area contributed by atoms with E-state index in [0.29, 0.717) is 22.8 Å². The molecule has 0 aliphatic carbocycles. The first kappa shape index (κ1) is 19.3. The zero-order valence-electron chi connectivity index (χ0n) is 14.9. The lowest BCUT2D eigenvalue weighted by Crippen LogP contribution is -2.05. The Morgan fingerprint density at radius 1 is 1.00 bits per heavy atom. The Hall–Kier alpha value is -3.49. The fourth-order valence-electron chi connectivity index (χ4n) is 2.61. The zero-order chi connectivity index (χ0) is 20.3. The van der Waals surface area contributed by atoms with Crippen LogP contribution in [0.3, 0.4) is 0 Å². The monoisotopic (exact) mass is 391 g/mol. The summed E-state index contributed by atoms with van der Waals surface area (Å²) in [5, 5.41) is 5.20. The highest BCUT2D eigenvalue weighted by molar-refractivity contribution is 5.90. The minimum absolute atomic E-state index is 0.0775. The van der Waals surface area contributed by atoms with Gasteiger partial charge in [0.1, 0.15) is 0 Å². The van der Waals surface area contributed by atoms with E-state index >= 15 is 0 Å². The van der Waals surface area contributed by atoms with Gasteiger partial charge in [-0.25, -0.2) is 0 Å². The number of methoxy groups -OCH3 is 2. The first-order chi connectivity index (χ1) is 13.3. The minimum Gasteiger partial charge on any atom is -0.493 e. The van der Waals surface area contributed by atoms with Crippen molar-refractivity contribution < 1.29 is 22.6 Å². The second kappa shape index (κ2) is 7.63. The molecule has 0 spiro atoms. The normalized spacial score (nSPS) is 11.8. The Labute approximate surface area is 157 Å². The molecule has 2 N–H and O–H groups in total. The minimum atomic E-state index is -4.47. The van der Waals surface area contributed by atoms with E-state index in [0.717, 1.165) is 12.1 Å². The van der Waals surface area contributed by atoms with Crippen LogP contribution in [0.25, 0.3) is 11.3 Å². The molecule has 6 nitrogen and oxygen atoms in total. The van der Waals surface area contributed by atoms with Gasteiger partial charge in [0.2, 0.25) is 0 Å². The van der Waals surface area contributed by atoms with Gasteiger partial charge in [0, 0.05) is 11.8 Å². The predicted molar refractivity (Wildman–Crippen MR) is 98.7 cm³/mol. The first-order valence-electron chi connectivity index (χ1n) is 8.08. The van der Waals surface area contributed by atoms with Crippen molar-refractivity contribution in [1.82, 2.24) is 10.2 Å². The molecule has 3 rings (SSSR count). The predicted octanol–water partition coefficient (Wildman–Crippen LogP) is 4.16. The summed E-state index contributed by atoms with van der Waals surface area (Å²) >= 11 is 0. The maximum atomic E-state index is 12.8. The van der Waals surface area contributed by atoms with Gasteiger partial charge in [0.25, 0.3) is 5.56 Å². The molecule has 0 radical (unpaired) electrons. The lowest BCUT2D eigenvalue weighted by atomic mass is 10.1. The van der Waals surface area contributed by atoms with Crippen LogP contribution in [0.15, 0.2) is 52.3 Å². The van der Waals surface area contributed by atoms with Crippen LogP contribution < -0.4 is 15.0 Å². The smallest absolute Gasteiger partial charge is 0.416 e. The number of halogens is 3. The third-order valence-corrected chi connectivity index (χ3v) is 4.00. The summed E-state index contributed by atoms with van der Waals surface area (Å²) in [5.74, 6) is 0.978. The molecule has 0 amide bonds. The van der Waals surface area contributed by atoms with Crippen molar-refractivity contribution in [2.45, 2.75) is 6.18 Å². The number of hydrogen-bond donors (Lipinski definition) is 2. The molecule has 3 aromatic rings. The summed E-state index contributed by atoms with van der Waals surface area (Å²) in [6, 6.07) is 9.59. The maximum Gasteiger partial charge on any atom is 0.416 e. The first-order valence-corrected chi connectivity index (χ1v) is 8.08. The van der Waals surface area contributed by atoms with Gasteiger partial charge >= 0.3 is 6.18 Å². The molecule has 146 valence electrons. The SMILES string of the molecule is COc1ccc(-c2[nH][nH]c(=O)c2C=Nc2cccc(C(F)(F)F)c2)cc1OC. The molecular weight excluding hydrogens is 375 g/mol. The molecule has 0 aliphatic heterocycles. The highest BCUT2D eigenvalue weighted by Crippen LogP contribution is 2.33. The number of rotatable bonds is 5. The molecule has 1 aromatic heterocycles. The standard InChI is InChI=1S/C19H16F3N3O3/c1-27-15-7-6-11(8-16(15)28-2)17-14(18(26)25-24-17)10-23-13-5-3-4-12(9-13)19(20,21)22/h3-10H,1-2H3,(H2,24,25,26). The van der Waals surface area contributed by atoms with Crippen LogP contribution in [0, 0.1) is 0 Å². The molecule has 0 fully saturated rings. The van der Waals surface area contributed by atoms with Gasteiger partial charge < -0.3 is 9.47 Å². The van der Waals surface area contributed by atoms with Gasteiger partial charge in [-0.3, -0.25) is 20.0 Å². The van der Waals surface area contributed by atoms with Crippen LogP contribution in [0.5, 0.6) is 11.5 Å². The van der Waals surface area contributed by atoms with Crippen LogP contribution >= 0.6 is 0 Å². The number of benzene rings is 2. The van der Waals surface area contributed by atoms with Gasteiger partial charge in [-0.1, -0.05) is 6.07 Å². The average Bonchev–Trinajstić information content (AvgIpc) is 3.05. The Bertz CT molecular complexity index is 1070. The Balaban J connectivity index is 1.99. The fourth-order valence-corrected chi connectivity index (χ4v) is 2.61. The lowest BCUT2D eigenvalue weighted by molar-refractivity contribution is -0.137. The van der Waals surface area contributed by atoms with Crippen molar-refractivity contribution in [3.63, 3.8) is 0 Å². The largest absolute Gasteiger partial charge is 0.493 e. The van der Waals surface area contributed by atoms with Gasteiger partial charge in [0.15, 0.2) is 11.5 Å². The number of nitrogens with one attached hydrogen (secondary N) is 2. The van der Waals surface area contributed by atoms with Crippen LogP contribution in [0.1, 0.15) is 11.1 Å². The van der Waals surface area contributed by atoms with Crippen molar-refractivity contribution in [3.8, 4) is 22.8 Å². The van der Waals surface area contributed by atoms with E-state index in [1.807, 2.05) is 0 Å². The summed E-state index contributed by atoms with van der Waals surface area (Å²) in [4.78, 5) is 16.1. The molecule has 1 heterocycles. The lowest BCUT2D eigenvalue weighted by Gasteiger charge is -2.09. The van der Waals surface area contributed by atoms with Gasteiger partial charge in [0.05, 0.1) is 36.7 Å². The quantitative estimate of drug-likeness (QED) is 0.641. The summed E-state index contributed by atoms with van der Waals surface area (Å²) < 4.78 is 48.9. The van der Waals surface area contributed by atoms with Gasteiger partial charge in [-0.05, 0) is 36.4 Å². The van der Waals surface area contributed by atoms with Crippen LogP contribution in [0.4, 0.5) is 18.9 Å². The molecular formula is C19H16F3N3O3. The molecule has 9 heteroatoms. The number of aliphatic imine (C=N–C) groups is 1. The number of ether oxygens (including phenoxy) is 2. The number of nitrogens with zero attached hydrogens (tertiary/aromatic N) is 1. The van der Waals surface area contributed by atoms with E-state index in [1.54, 1.807) is 18.2 Å². The molecule has 0 saturated heterocycles. The van der Waals surface area contributed by atoms with E-state index in [2.05, 4.69) is 15.2 Å². The van der Waals surface area contributed by atoms with E-state index in [4.69, 9.17) is 9.47 Å². The number of H-pyrrole nitrogens is 2. The van der Waals surface area contributed by atoms with Crippen LogP contribution in [-0.2, 0) is 6.18 Å². The van der Waals surface area contributed by atoms with Crippen molar-refractivity contribution in [2.24, 2.45) is 4.99 Å². The number of aromatic amines is 2. The molecule has 2 aromatic carbocycles. The number of aromatic nitrogens is 2. The van der Waals surface area contributed by atoms with E-state index in [-0.39, 0.29) is 11.3 Å². The maximum absolute atomic E-state index is 12.8. The number of hydrogen-bond acceptors (Lipinski definition) is 4. The molecule has 28 heavy (non-hydrogen) atoms. The third-order valence-electron chi connectivity index (χ3n) is 4.00. The van der Waals surface area contributed by atoms with E-state index < -0.39 is 17.3 Å². The van der Waals surface area contributed by atoms with Crippen molar-refractivity contribution in [2.75, 3.05) is 14.2 Å². The Morgan fingerprint density at radius 2 is 1.75 bits per heavy atom. The van der Waals surface area contributed by atoms with E-state index in [1.165, 1.54) is 32.6 Å². The number of alkyl halides is 3. The Kier molecular flexibility index (Phi) is 5.25. The molecule has 0 aliphatic rings. The molecule has 0 saturated carbocycles. The highest BCUT2D eigenvalue weighted by Gasteiger charge is 2.30. The molecule has 0 unspecified atom stereocenters. The van der Waals surface area contributed by atoms with Crippen LogP contribution in [-0.4, -0.2) is 30.6 Å². The average molecular weight is 391 g/mol. The van der Waals surface area contributed by atoms with Crippen molar-refractivity contribution in [3.05, 3.63) is 63.9 Å². The fraction of sp³-hybridized carbons (Fsp3) is 0.158. The molecule has 0 bridgehead atoms. The highest BCUT2D eigenvalue weighted by atomic mass is 19.4. The van der Waals surface area contributed by atoms with Crippen LogP contribution in [0.2, 0.25) is 0 Å². The van der Waals surface area contributed by atoms with Crippen molar-refractivity contribution in [1.29, 1.82) is 0 Å². The third kappa shape index (κ3) is 3.93. The van der Waals surface area contributed by atoms with Gasteiger partial charge in [-0.2, -0.15) is 13.2 Å². The molecule has 0 atom stereocenters. The zero-order valence-corrected chi connectivity index (χ0v) is 14.9. The van der Waals surface area contributed by atoms with Crippen molar-refractivity contribution >= 4 is 11.9 Å².